The molecular weight excluding hydrogens is 351 g/mol. The number of aryl methyl sites for hydroxylation is 1. The van der Waals surface area contributed by atoms with Gasteiger partial charge in [-0.15, -0.1) is 0 Å². The fraction of sp³-hybridized carbons (Fsp3) is 0.250. The van der Waals surface area contributed by atoms with Crippen molar-refractivity contribution in [1.29, 1.82) is 0 Å². The average Bonchev–Trinajstić information content (AvgIpc) is 2.62. The van der Waals surface area contributed by atoms with E-state index >= 15 is 0 Å². The minimum Gasteiger partial charge on any atom is -0.481 e. The van der Waals surface area contributed by atoms with Crippen molar-refractivity contribution in [2.75, 3.05) is 5.32 Å². The maximum atomic E-state index is 13.3. The Morgan fingerprint density at radius 1 is 1.04 bits per heavy atom. The molecule has 0 atom stereocenters. The summed E-state index contributed by atoms with van der Waals surface area (Å²) in [7, 11) is 0. The van der Waals surface area contributed by atoms with Gasteiger partial charge in [0, 0.05) is 12.2 Å². The predicted octanol–water partition coefficient (Wildman–Crippen LogP) is 2.75. The van der Waals surface area contributed by atoms with Crippen LogP contribution < -0.4 is 10.6 Å². The molecule has 2 aromatic rings. The zero-order valence-electron chi connectivity index (χ0n) is 15.3. The molecule has 6 nitrogen and oxygen atoms in total. The number of carboxylic acids is 1. The molecule has 0 spiro atoms. The number of hydrogen-bond donors (Lipinski definition) is 3. The number of benzene rings is 2. The molecule has 7 heteroatoms. The molecule has 0 unspecified atom stereocenters. The summed E-state index contributed by atoms with van der Waals surface area (Å²) in [5.74, 6) is -3.10. The Bertz CT molecular complexity index is 876. The molecule has 0 bridgehead atoms. The maximum Gasteiger partial charge on any atom is 0.313 e. The first-order chi connectivity index (χ1) is 12.6. The number of carboxylic acid groups (broad SMARTS) is 1. The molecule has 0 radical (unpaired) electrons. The van der Waals surface area contributed by atoms with Crippen molar-refractivity contribution < 1.29 is 23.9 Å². The zero-order chi connectivity index (χ0) is 20.2. The Morgan fingerprint density at radius 2 is 1.67 bits per heavy atom. The second-order valence-corrected chi connectivity index (χ2v) is 6.72. The summed E-state index contributed by atoms with van der Waals surface area (Å²) in [5, 5.41) is 14.1. The number of aliphatic carboxylic acids is 1. The van der Waals surface area contributed by atoms with Gasteiger partial charge in [0.15, 0.2) is 0 Å². The first-order valence-electron chi connectivity index (χ1n) is 8.29. The van der Waals surface area contributed by atoms with E-state index in [1.807, 2.05) is 0 Å². The van der Waals surface area contributed by atoms with Gasteiger partial charge in [-0.1, -0.05) is 18.2 Å². The monoisotopic (exact) mass is 372 g/mol. The van der Waals surface area contributed by atoms with Gasteiger partial charge in [0.05, 0.1) is 5.41 Å². The molecule has 2 amide bonds. The molecule has 2 aromatic carbocycles. The standard InChI is InChI=1S/C20H21FN2O4/c1-12-4-7-15(21)10-13(12)11-22-17(24)18(25)23-16-8-5-14(6-9-16)20(2,3)19(26)27/h4-10H,11H2,1-3H3,(H,22,24)(H,23,25)(H,26,27). The number of amides is 2. The highest BCUT2D eigenvalue weighted by Gasteiger charge is 2.29. The second-order valence-electron chi connectivity index (χ2n) is 6.72. The highest BCUT2D eigenvalue weighted by Crippen LogP contribution is 2.24. The van der Waals surface area contributed by atoms with Crippen LogP contribution in [0.25, 0.3) is 0 Å². The normalized spacial score (nSPS) is 11.0. The van der Waals surface area contributed by atoms with Crippen molar-refractivity contribution >= 4 is 23.5 Å². The number of hydrogen-bond acceptors (Lipinski definition) is 3. The van der Waals surface area contributed by atoms with Crippen LogP contribution in [0, 0.1) is 12.7 Å². The van der Waals surface area contributed by atoms with Crippen molar-refractivity contribution in [1.82, 2.24) is 5.32 Å². The lowest BCUT2D eigenvalue weighted by atomic mass is 9.85. The smallest absolute Gasteiger partial charge is 0.313 e. The molecule has 0 saturated carbocycles. The van der Waals surface area contributed by atoms with Crippen LogP contribution in [0.4, 0.5) is 10.1 Å². The van der Waals surface area contributed by atoms with Gasteiger partial charge in [-0.25, -0.2) is 4.39 Å². The SMILES string of the molecule is Cc1ccc(F)cc1CNC(=O)C(=O)Nc1ccc(C(C)(C)C(=O)O)cc1. The quantitative estimate of drug-likeness (QED) is 0.703. The van der Waals surface area contributed by atoms with E-state index < -0.39 is 29.0 Å². The Labute approximate surface area is 156 Å². The number of carbonyl (C=O) groups is 3. The van der Waals surface area contributed by atoms with Crippen molar-refractivity contribution in [2.45, 2.75) is 32.7 Å². The van der Waals surface area contributed by atoms with Gasteiger partial charge in [-0.3, -0.25) is 14.4 Å². The summed E-state index contributed by atoms with van der Waals surface area (Å²) in [6.45, 7) is 4.96. The van der Waals surface area contributed by atoms with E-state index in [1.165, 1.54) is 24.3 Å². The van der Waals surface area contributed by atoms with Crippen LogP contribution in [-0.2, 0) is 26.3 Å². The lowest BCUT2D eigenvalue weighted by molar-refractivity contribution is -0.142. The van der Waals surface area contributed by atoms with Gasteiger partial charge in [-0.05, 0) is 61.7 Å². The van der Waals surface area contributed by atoms with Crippen LogP contribution in [0.3, 0.4) is 0 Å². The van der Waals surface area contributed by atoms with Crippen LogP contribution in [0.5, 0.6) is 0 Å². The Kier molecular flexibility index (Phi) is 5.95. The minimum atomic E-state index is -1.07. The highest BCUT2D eigenvalue weighted by molar-refractivity contribution is 6.39. The lowest BCUT2D eigenvalue weighted by Gasteiger charge is -2.19. The van der Waals surface area contributed by atoms with Crippen molar-refractivity contribution in [3.63, 3.8) is 0 Å². The molecule has 0 fully saturated rings. The third-order valence-corrected chi connectivity index (χ3v) is 4.36. The minimum absolute atomic E-state index is 0.0294. The second kappa shape index (κ2) is 7.99. The molecule has 0 aliphatic heterocycles. The Balaban J connectivity index is 1.97. The van der Waals surface area contributed by atoms with Gasteiger partial charge in [-0.2, -0.15) is 0 Å². The van der Waals surface area contributed by atoms with E-state index in [0.29, 0.717) is 16.8 Å². The van der Waals surface area contributed by atoms with E-state index in [-0.39, 0.29) is 6.54 Å². The van der Waals surface area contributed by atoms with E-state index in [0.717, 1.165) is 5.56 Å². The van der Waals surface area contributed by atoms with Gasteiger partial charge in [0.1, 0.15) is 5.82 Å². The van der Waals surface area contributed by atoms with Gasteiger partial charge >= 0.3 is 17.8 Å². The fourth-order valence-electron chi connectivity index (χ4n) is 2.37. The number of rotatable bonds is 5. The highest BCUT2D eigenvalue weighted by atomic mass is 19.1. The van der Waals surface area contributed by atoms with E-state index in [9.17, 15) is 23.9 Å². The summed E-state index contributed by atoms with van der Waals surface area (Å²) >= 11 is 0. The first-order valence-corrected chi connectivity index (χ1v) is 8.29. The maximum absolute atomic E-state index is 13.3. The third-order valence-electron chi connectivity index (χ3n) is 4.36. The Morgan fingerprint density at radius 3 is 2.26 bits per heavy atom. The molecule has 2 rings (SSSR count). The predicted molar refractivity (Wildman–Crippen MR) is 98.7 cm³/mol. The van der Waals surface area contributed by atoms with Crippen molar-refractivity contribution in [3.8, 4) is 0 Å². The molecular formula is C20H21FN2O4. The number of carbonyl (C=O) groups excluding carboxylic acids is 2. The summed E-state index contributed by atoms with van der Waals surface area (Å²) in [6.07, 6.45) is 0. The van der Waals surface area contributed by atoms with E-state index in [4.69, 9.17) is 0 Å². The third kappa shape index (κ3) is 4.91. The van der Waals surface area contributed by atoms with Gasteiger partial charge in [0.2, 0.25) is 0 Å². The summed E-state index contributed by atoms with van der Waals surface area (Å²) in [5.41, 5.74) is 1.24. The molecule has 27 heavy (non-hydrogen) atoms. The van der Waals surface area contributed by atoms with E-state index in [2.05, 4.69) is 10.6 Å². The van der Waals surface area contributed by atoms with Crippen LogP contribution in [0.2, 0.25) is 0 Å². The topological polar surface area (TPSA) is 95.5 Å². The van der Waals surface area contributed by atoms with Crippen LogP contribution in [0.15, 0.2) is 42.5 Å². The summed E-state index contributed by atoms with van der Waals surface area (Å²) in [6, 6.07) is 10.4. The number of halogens is 1. The fourth-order valence-corrected chi connectivity index (χ4v) is 2.37. The van der Waals surface area contributed by atoms with Gasteiger partial charge < -0.3 is 15.7 Å². The lowest BCUT2D eigenvalue weighted by Crippen LogP contribution is -2.35. The van der Waals surface area contributed by atoms with E-state index in [1.54, 1.807) is 39.0 Å². The van der Waals surface area contributed by atoms with Crippen molar-refractivity contribution in [3.05, 3.63) is 65.0 Å². The zero-order valence-corrected chi connectivity index (χ0v) is 15.3. The molecule has 0 heterocycles. The van der Waals surface area contributed by atoms with Crippen LogP contribution >= 0.6 is 0 Å². The molecule has 142 valence electrons. The first kappa shape index (κ1) is 20.1. The summed E-state index contributed by atoms with van der Waals surface area (Å²) in [4.78, 5) is 35.2. The number of anilines is 1. The molecule has 0 saturated heterocycles. The molecule has 0 aliphatic rings. The van der Waals surface area contributed by atoms with Gasteiger partial charge in [0.25, 0.3) is 0 Å². The Hall–Kier alpha value is -3.22. The average molecular weight is 372 g/mol. The molecule has 3 N–H and O–H groups in total. The number of nitrogens with one attached hydrogen (secondary N) is 2. The molecule has 0 aromatic heterocycles. The van der Waals surface area contributed by atoms with Crippen LogP contribution in [0.1, 0.15) is 30.5 Å². The van der Waals surface area contributed by atoms with Crippen LogP contribution in [-0.4, -0.2) is 22.9 Å². The largest absolute Gasteiger partial charge is 0.481 e. The summed E-state index contributed by atoms with van der Waals surface area (Å²) < 4.78 is 13.3. The van der Waals surface area contributed by atoms with Crippen molar-refractivity contribution in [2.24, 2.45) is 0 Å². The molecule has 0 aliphatic carbocycles.